The van der Waals surface area contributed by atoms with Gasteiger partial charge in [-0.1, -0.05) is 90.4 Å². The van der Waals surface area contributed by atoms with Crippen LogP contribution in [0, 0.1) is 10.1 Å². The second kappa shape index (κ2) is 16.3. The van der Waals surface area contributed by atoms with E-state index in [0.717, 1.165) is 24.7 Å². The third-order valence-electron chi connectivity index (χ3n) is 5.16. The van der Waals surface area contributed by atoms with E-state index in [4.69, 9.17) is 0 Å². The van der Waals surface area contributed by atoms with Gasteiger partial charge < -0.3 is 5.11 Å². The zero-order valence-electron chi connectivity index (χ0n) is 17.9. The van der Waals surface area contributed by atoms with Gasteiger partial charge >= 0.3 is 5.97 Å². The molecule has 29 heavy (non-hydrogen) atoms. The molecule has 0 bridgehead atoms. The minimum absolute atomic E-state index is 0.0227. The van der Waals surface area contributed by atoms with Crippen LogP contribution in [0.3, 0.4) is 0 Å². The molecule has 6 heteroatoms. The summed E-state index contributed by atoms with van der Waals surface area (Å²) in [5, 5.41) is 20.1. The van der Waals surface area contributed by atoms with Crippen molar-refractivity contribution in [3.05, 3.63) is 33.9 Å². The van der Waals surface area contributed by atoms with Crippen LogP contribution >= 0.6 is 11.8 Å². The molecule has 0 saturated heterocycles. The first-order valence-corrected chi connectivity index (χ1v) is 12.2. The molecule has 0 amide bonds. The van der Waals surface area contributed by atoms with Crippen LogP contribution in [-0.4, -0.2) is 21.8 Å². The van der Waals surface area contributed by atoms with Gasteiger partial charge in [0, 0.05) is 17.0 Å². The maximum absolute atomic E-state index is 11.3. The normalized spacial score (nSPS) is 10.9. The molecule has 0 unspecified atom stereocenters. The highest BCUT2D eigenvalue weighted by atomic mass is 32.2. The highest BCUT2D eigenvalue weighted by Gasteiger charge is 2.16. The summed E-state index contributed by atoms with van der Waals surface area (Å²) in [6, 6.07) is 4.08. The van der Waals surface area contributed by atoms with Crippen LogP contribution in [0.15, 0.2) is 23.1 Å². The molecule has 164 valence electrons. The van der Waals surface area contributed by atoms with Crippen molar-refractivity contribution in [2.24, 2.45) is 0 Å². The molecular formula is C23H37NO4S. The Labute approximate surface area is 179 Å². The predicted octanol–water partition coefficient (Wildman–Crippen LogP) is 7.87. The molecule has 1 aromatic rings. The smallest absolute Gasteiger partial charge is 0.337 e. The number of aromatic carboxylic acids is 1. The SMILES string of the molecule is CCCCCCCCCCCCCCCCSc1ccc([N+](=O)[O-])cc1C(=O)O. The van der Waals surface area contributed by atoms with Gasteiger partial charge in [0.1, 0.15) is 0 Å². The second-order valence-corrected chi connectivity index (χ2v) is 8.82. The first-order valence-electron chi connectivity index (χ1n) is 11.2. The number of carboxylic acid groups (broad SMARTS) is 1. The molecule has 0 heterocycles. The van der Waals surface area contributed by atoms with E-state index < -0.39 is 10.9 Å². The summed E-state index contributed by atoms with van der Waals surface area (Å²) < 4.78 is 0. The zero-order chi connectivity index (χ0) is 21.3. The first kappa shape index (κ1) is 25.5. The lowest BCUT2D eigenvalue weighted by Gasteiger charge is -2.06. The van der Waals surface area contributed by atoms with Crippen LogP contribution in [-0.2, 0) is 0 Å². The third kappa shape index (κ3) is 11.9. The van der Waals surface area contributed by atoms with Gasteiger partial charge in [0.25, 0.3) is 5.69 Å². The van der Waals surface area contributed by atoms with Gasteiger partial charge in [0.05, 0.1) is 10.5 Å². The number of non-ortho nitro benzene ring substituents is 1. The molecule has 0 saturated carbocycles. The minimum Gasteiger partial charge on any atom is -0.478 e. The molecule has 1 N–H and O–H groups in total. The topological polar surface area (TPSA) is 80.4 Å². The van der Waals surface area contributed by atoms with Gasteiger partial charge in [0.2, 0.25) is 0 Å². The Kier molecular flexibility index (Phi) is 14.3. The molecule has 0 aromatic heterocycles. The van der Waals surface area contributed by atoms with Crippen LogP contribution < -0.4 is 0 Å². The molecule has 5 nitrogen and oxygen atoms in total. The van der Waals surface area contributed by atoms with E-state index in [1.807, 2.05) is 0 Å². The summed E-state index contributed by atoms with van der Waals surface area (Å²) in [5.41, 5.74) is -0.155. The summed E-state index contributed by atoms with van der Waals surface area (Å²) in [6.07, 6.45) is 18.4. The number of carboxylic acids is 1. The number of thioether (sulfide) groups is 1. The number of nitro groups is 1. The van der Waals surface area contributed by atoms with Gasteiger partial charge in [-0.2, -0.15) is 0 Å². The maximum atomic E-state index is 11.3. The number of carbonyl (C=O) groups is 1. The molecule has 1 rings (SSSR count). The molecule has 0 spiro atoms. The fraction of sp³-hybridized carbons (Fsp3) is 0.696. The summed E-state index contributed by atoms with van der Waals surface area (Å²) in [4.78, 5) is 22.2. The van der Waals surface area contributed by atoms with E-state index in [1.165, 1.54) is 94.9 Å². The van der Waals surface area contributed by atoms with Gasteiger partial charge in [-0.3, -0.25) is 10.1 Å². The molecule has 0 aliphatic rings. The van der Waals surface area contributed by atoms with Crippen molar-refractivity contribution in [1.82, 2.24) is 0 Å². The standard InChI is InChI=1S/C23H37NO4S/c1-2-3-4-5-6-7-8-9-10-11-12-13-14-15-18-29-22-17-16-20(24(27)28)19-21(22)23(25)26/h16-17,19H,2-15,18H2,1H3,(H,25,26). The summed E-state index contributed by atoms with van der Waals surface area (Å²) in [6.45, 7) is 2.26. The Bertz CT molecular complexity index is 607. The van der Waals surface area contributed by atoms with Crippen molar-refractivity contribution < 1.29 is 14.8 Å². The lowest BCUT2D eigenvalue weighted by molar-refractivity contribution is -0.384. The molecule has 0 atom stereocenters. The summed E-state index contributed by atoms with van der Waals surface area (Å²) in [7, 11) is 0. The van der Waals surface area contributed by atoms with Crippen LogP contribution in [0.25, 0.3) is 0 Å². The number of nitro benzene ring substituents is 1. The average Bonchev–Trinajstić information content (AvgIpc) is 2.70. The van der Waals surface area contributed by atoms with Crippen molar-refractivity contribution in [2.75, 3.05) is 5.75 Å². The number of hydrogen-bond donors (Lipinski definition) is 1. The van der Waals surface area contributed by atoms with Crippen LogP contribution in [0.4, 0.5) is 5.69 Å². The number of hydrogen-bond acceptors (Lipinski definition) is 4. The van der Waals surface area contributed by atoms with Crippen molar-refractivity contribution in [3.63, 3.8) is 0 Å². The molecule has 1 aromatic carbocycles. The van der Waals surface area contributed by atoms with Crippen LogP contribution in [0.1, 0.15) is 107 Å². The number of nitrogens with zero attached hydrogens (tertiary/aromatic N) is 1. The van der Waals surface area contributed by atoms with Crippen molar-refractivity contribution in [3.8, 4) is 0 Å². The van der Waals surface area contributed by atoms with Crippen molar-refractivity contribution in [2.45, 2.75) is 102 Å². The average molecular weight is 424 g/mol. The Balaban J connectivity index is 2.03. The first-order chi connectivity index (χ1) is 14.1. The highest BCUT2D eigenvalue weighted by Crippen LogP contribution is 2.28. The van der Waals surface area contributed by atoms with Crippen molar-refractivity contribution >= 4 is 23.4 Å². The van der Waals surface area contributed by atoms with E-state index in [9.17, 15) is 20.0 Å². The van der Waals surface area contributed by atoms with E-state index >= 15 is 0 Å². The number of benzene rings is 1. The Morgan fingerprint density at radius 3 is 1.83 bits per heavy atom. The Morgan fingerprint density at radius 2 is 1.38 bits per heavy atom. The van der Waals surface area contributed by atoms with Gasteiger partial charge in [-0.15, -0.1) is 11.8 Å². The summed E-state index contributed by atoms with van der Waals surface area (Å²) in [5.74, 6) is -0.270. The summed E-state index contributed by atoms with van der Waals surface area (Å²) >= 11 is 1.48. The Morgan fingerprint density at radius 1 is 0.897 bits per heavy atom. The fourth-order valence-corrected chi connectivity index (χ4v) is 4.44. The van der Waals surface area contributed by atoms with Gasteiger partial charge in [-0.25, -0.2) is 4.79 Å². The lowest BCUT2D eigenvalue weighted by atomic mass is 10.0. The molecular weight excluding hydrogens is 386 g/mol. The quantitative estimate of drug-likeness (QED) is 0.112. The monoisotopic (exact) mass is 423 g/mol. The van der Waals surface area contributed by atoms with E-state index in [2.05, 4.69) is 6.92 Å². The second-order valence-electron chi connectivity index (χ2n) is 7.69. The van der Waals surface area contributed by atoms with Gasteiger partial charge in [0.15, 0.2) is 0 Å². The Hall–Kier alpha value is -1.56. The van der Waals surface area contributed by atoms with Crippen molar-refractivity contribution in [1.29, 1.82) is 0 Å². The highest BCUT2D eigenvalue weighted by molar-refractivity contribution is 7.99. The van der Waals surface area contributed by atoms with E-state index in [1.54, 1.807) is 6.07 Å². The molecule has 0 aliphatic carbocycles. The zero-order valence-corrected chi connectivity index (χ0v) is 18.7. The largest absolute Gasteiger partial charge is 0.478 e. The molecule has 0 radical (unpaired) electrons. The third-order valence-corrected chi connectivity index (χ3v) is 6.32. The number of unbranched alkanes of at least 4 members (excludes halogenated alkanes) is 13. The number of rotatable bonds is 18. The van der Waals surface area contributed by atoms with E-state index in [-0.39, 0.29) is 11.3 Å². The molecule has 0 fully saturated rings. The minimum atomic E-state index is -1.11. The fourth-order valence-electron chi connectivity index (χ4n) is 3.40. The molecule has 0 aliphatic heterocycles. The lowest BCUT2D eigenvalue weighted by Crippen LogP contribution is -2.01. The van der Waals surface area contributed by atoms with Crippen LogP contribution in [0.2, 0.25) is 0 Å². The maximum Gasteiger partial charge on any atom is 0.337 e. The van der Waals surface area contributed by atoms with Gasteiger partial charge in [-0.05, 0) is 18.2 Å². The van der Waals surface area contributed by atoms with Crippen LogP contribution in [0.5, 0.6) is 0 Å². The van der Waals surface area contributed by atoms with E-state index in [0.29, 0.717) is 4.90 Å². The predicted molar refractivity (Wildman–Crippen MR) is 121 cm³/mol.